The first-order valence-corrected chi connectivity index (χ1v) is 6.87. The number of aromatic nitrogens is 2. The summed E-state index contributed by atoms with van der Waals surface area (Å²) >= 11 is 0. The van der Waals surface area contributed by atoms with Crippen molar-refractivity contribution < 1.29 is 4.74 Å². The summed E-state index contributed by atoms with van der Waals surface area (Å²) in [5.41, 5.74) is 1.27. The summed E-state index contributed by atoms with van der Waals surface area (Å²) in [6.45, 7) is 11.8. The molecular formula is C14H27N3O. The molecule has 4 heteroatoms. The Bertz CT molecular complexity index is 336. The van der Waals surface area contributed by atoms with E-state index in [0.717, 1.165) is 31.8 Å². The second-order valence-electron chi connectivity index (χ2n) is 5.26. The van der Waals surface area contributed by atoms with Gasteiger partial charge in [0, 0.05) is 12.0 Å². The third-order valence-electron chi connectivity index (χ3n) is 3.32. The number of hydrogen-bond acceptors (Lipinski definition) is 3. The van der Waals surface area contributed by atoms with Crippen LogP contribution in [0.3, 0.4) is 0 Å². The van der Waals surface area contributed by atoms with E-state index in [0.29, 0.717) is 0 Å². The van der Waals surface area contributed by atoms with Crippen LogP contribution in [0.5, 0.6) is 5.75 Å². The largest absolute Gasteiger partial charge is 0.493 e. The van der Waals surface area contributed by atoms with E-state index in [-0.39, 0.29) is 5.41 Å². The first-order chi connectivity index (χ1) is 8.56. The highest BCUT2D eigenvalue weighted by Gasteiger charge is 2.28. The molecule has 0 radical (unpaired) electrons. The molecule has 0 saturated heterocycles. The molecule has 0 atom stereocenters. The molecule has 104 valence electrons. The van der Waals surface area contributed by atoms with Crippen molar-refractivity contribution in [3.63, 3.8) is 0 Å². The van der Waals surface area contributed by atoms with E-state index in [9.17, 15) is 0 Å². The molecule has 1 aromatic heterocycles. The van der Waals surface area contributed by atoms with Gasteiger partial charge >= 0.3 is 0 Å². The Morgan fingerprint density at radius 1 is 1.33 bits per heavy atom. The number of rotatable bonds is 8. The standard InChI is InChI=1S/C14H27N3O/c1-6-9-15-10-8-14(3,4)13-12(18-5)11-16-17(13)7-2/h11,15H,6-10H2,1-5H3. The first-order valence-electron chi connectivity index (χ1n) is 6.87. The topological polar surface area (TPSA) is 39.1 Å². The number of aryl methyl sites for hydroxylation is 1. The van der Waals surface area contributed by atoms with Gasteiger partial charge in [-0.05, 0) is 32.9 Å². The fraction of sp³-hybridized carbons (Fsp3) is 0.786. The first kappa shape index (κ1) is 15.0. The van der Waals surface area contributed by atoms with Crippen LogP contribution < -0.4 is 10.1 Å². The molecule has 1 N–H and O–H groups in total. The average molecular weight is 253 g/mol. The lowest BCUT2D eigenvalue weighted by Crippen LogP contribution is -2.28. The normalized spacial score (nSPS) is 11.8. The summed E-state index contributed by atoms with van der Waals surface area (Å²) in [7, 11) is 1.71. The van der Waals surface area contributed by atoms with Crippen molar-refractivity contribution in [3.8, 4) is 5.75 Å². The molecule has 0 bridgehead atoms. The van der Waals surface area contributed by atoms with Crippen LogP contribution in [0.15, 0.2) is 6.20 Å². The van der Waals surface area contributed by atoms with Gasteiger partial charge in [-0.25, -0.2) is 0 Å². The number of hydrogen-bond donors (Lipinski definition) is 1. The maximum atomic E-state index is 5.44. The number of methoxy groups -OCH3 is 1. The molecular weight excluding hydrogens is 226 g/mol. The highest BCUT2D eigenvalue weighted by atomic mass is 16.5. The third kappa shape index (κ3) is 3.48. The number of nitrogens with zero attached hydrogens (tertiary/aromatic N) is 2. The molecule has 0 aliphatic rings. The van der Waals surface area contributed by atoms with Gasteiger partial charge in [0.05, 0.1) is 19.0 Å². The summed E-state index contributed by atoms with van der Waals surface area (Å²) in [5, 5.41) is 7.85. The van der Waals surface area contributed by atoms with Gasteiger partial charge in [-0.15, -0.1) is 0 Å². The van der Waals surface area contributed by atoms with Crippen molar-refractivity contribution in [2.75, 3.05) is 20.2 Å². The number of nitrogens with one attached hydrogen (secondary N) is 1. The van der Waals surface area contributed by atoms with Crippen molar-refractivity contribution in [1.82, 2.24) is 15.1 Å². The van der Waals surface area contributed by atoms with Gasteiger partial charge < -0.3 is 10.1 Å². The molecule has 0 fully saturated rings. The van der Waals surface area contributed by atoms with E-state index in [2.05, 4.69) is 38.1 Å². The predicted molar refractivity (Wildman–Crippen MR) is 75.3 cm³/mol. The average Bonchev–Trinajstić information content (AvgIpc) is 2.78. The molecule has 1 aromatic rings. The van der Waals surface area contributed by atoms with Crippen LogP contribution in [0.2, 0.25) is 0 Å². The maximum Gasteiger partial charge on any atom is 0.160 e. The lowest BCUT2D eigenvalue weighted by atomic mass is 9.85. The van der Waals surface area contributed by atoms with E-state index < -0.39 is 0 Å². The third-order valence-corrected chi connectivity index (χ3v) is 3.32. The fourth-order valence-electron chi connectivity index (χ4n) is 2.26. The van der Waals surface area contributed by atoms with E-state index in [1.54, 1.807) is 7.11 Å². The van der Waals surface area contributed by atoms with Gasteiger partial charge in [-0.1, -0.05) is 20.8 Å². The van der Waals surface area contributed by atoms with Crippen molar-refractivity contribution in [2.24, 2.45) is 0 Å². The van der Waals surface area contributed by atoms with Gasteiger partial charge in [-0.2, -0.15) is 5.10 Å². The van der Waals surface area contributed by atoms with Crippen LogP contribution >= 0.6 is 0 Å². The SMILES string of the molecule is CCCNCCC(C)(C)c1c(OC)cnn1CC. The van der Waals surface area contributed by atoms with Crippen LogP contribution in [0.4, 0.5) is 0 Å². The van der Waals surface area contributed by atoms with Gasteiger partial charge in [0.2, 0.25) is 0 Å². The predicted octanol–water partition coefficient (Wildman–Crippen LogP) is 2.58. The summed E-state index contributed by atoms with van der Waals surface area (Å²) in [4.78, 5) is 0. The molecule has 1 heterocycles. The quantitative estimate of drug-likeness (QED) is 0.724. The smallest absolute Gasteiger partial charge is 0.160 e. The molecule has 0 aromatic carbocycles. The van der Waals surface area contributed by atoms with E-state index in [4.69, 9.17) is 4.74 Å². The van der Waals surface area contributed by atoms with Crippen LogP contribution in [0, 0.1) is 0 Å². The maximum absolute atomic E-state index is 5.44. The van der Waals surface area contributed by atoms with Gasteiger partial charge in [0.25, 0.3) is 0 Å². The molecule has 0 unspecified atom stereocenters. The van der Waals surface area contributed by atoms with Crippen molar-refractivity contribution in [3.05, 3.63) is 11.9 Å². The second kappa shape index (κ2) is 6.78. The van der Waals surface area contributed by atoms with Crippen molar-refractivity contribution in [2.45, 2.75) is 52.5 Å². The van der Waals surface area contributed by atoms with Gasteiger partial charge in [0.15, 0.2) is 5.75 Å². The zero-order chi connectivity index (χ0) is 13.6. The summed E-state index contributed by atoms with van der Waals surface area (Å²) in [5.74, 6) is 0.900. The van der Waals surface area contributed by atoms with Gasteiger partial charge in [0.1, 0.15) is 0 Å². The Morgan fingerprint density at radius 3 is 2.61 bits per heavy atom. The van der Waals surface area contributed by atoms with E-state index >= 15 is 0 Å². The minimum Gasteiger partial charge on any atom is -0.493 e. The fourth-order valence-corrected chi connectivity index (χ4v) is 2.26. The molecule has 1 rings (SSSR count). The molecule has 0 saturated carbocycles. The molecule has 18 heavy (non-hydrogen) atoms. The second-order valence-corrected chi connectivity index (χ2v) is 5.26. The monoisotopic (exact) mass is 253 g/mol. The highest BCUT2D eigenvalue weighted by Crippen LogP contribution is 2.33. The van der Waals surface area contributed by atoms with E-state index in [1.807, 2.05) is 10.9 Å². The molecule has 0 aliphatic heterocycles. The van der Waals surface area contributed by atoms with E-state index in [1.165, 1.54) is 12.1 Å². The molecule has 0 aliphatic carbocycles. The highest BCUT2D eigenvalue weighted by molar-refractivity contribution is 5.31. The van der Waals surface area contributed by atoms with Crippen LogP contribution in [-0.2, 0) is 12.0 Å². The van der Waals surface area contributed by atoms with Gasteiger partial charge in [-0.3, -0.25) is 4.68 Å². The lowest BCUT2D eigenvalue weighted by Gasteiger charge is -2.26. The van der Waals surface area contributed by atoms with Crippen LogP contribution in [-0.4, -0.2) is 30.0 Å². The van der Waals surface area contributed by atoms with Crippen LogP contribution in [0.25, 0.3) is 0 Å². The molecule has 0 amide bonds. The molecule has 0 spiro atoms. The summed E-state index contributed by atoms with van der Waals surface area (Å²) in [6.07, 6.45) is 4.08. The Balaban J connectivity index is 2.78. The minimum absolute atomic E-state index is 0.0681. The minimum atomic E-state index is 0.0681. The zero-order valence-electron chi connectivity index (χ0n) is 12.4. The zero-order valence-corrected chi connectivity index (χ0v) is 12.4. The van der Waals surface area contributed by atoms with Crippen molar-refractivity contribution >= 4 is 0 Å². The Kier molecular flexibility index (Phi) is 5.66. The lowest BCUT2D eigenvalue weighted by molar-refractivity contribution is 0.366. The number of ether oxygens (including phenoxy) is 1. The Labute approximate surface area is 111 Å². The Morgan fingerprint density at radius 2 is 2.06 bits per heavy atom. The van der Waals surface area contributed by atoms with Crippen LogP contribution in [0.1, 0.15) is 46.2 Å². The Hall–Kier alpha value is -1.03. The summed E-state index contributed by atoms with van der Waals surface area (Å²) < 4.78 is 7.48. The molecule has 4 nitrogen and oxygen atoms in total. The summed E-state index contributed by atoms with van der Waals surface area (Å²) in [6, 6.07) is 0. The van der Waals surface area contributed by atoms with Crippen molar-refractivity contribution in [1.29, 1.82) is 0 Å².